The van der Waals surface area contributed by atoms with Crippen LogP contribution in [-0.4, -0.2) is 25.5 Å². The third-order valence-electron chi connectivity index (χ3n) is 1.42. The minimum Gasteiger partial charge on any atom is -0.390 e. The maximum atomic E-state index is 10.9. The number of hydrogen-bond donors (Lipinski definition) is 0. The zero-order valence-corrected chi connectivity index (χ0v) is 7.01. The Labute approximate surface area is 73.5 Å². The average molecular weight is 184 g/mol. The van der Waals surface area contributed by atoms with Crippen molar-refractivity contribution < 1.29 is 9.72 Å². The number of carbonyl (C=O) groups is 1. The Kier molecular flexibility index (Phi) is 2.68. The molecule has 7 nitrogen and oxygen atoms in total. The van der Waals surface area contributed by atoms with Gasteiger partial charge in [-0.1, -0.05) is 11.9 Å². The van der Waals surface area contributed by atoms with Crippen LogP contribution in [0.1, 0.15) is 13.3 Å². The van der Waals surface area contributed by atoms with Gasteiger partial charge in [0, 0.05) is 11.5 Å². The molecule has 0 aliphatic carbocycles. The van der Waals surface area contributed by atoms with Crippen LogP contribution in [-0.2, 0) is 11.3 Å². The summed E-state index contributed by atoms with van der Waals surface area (Å²) in [5, 5.41) is 13.6. The van der Waals surface area contributed by atoms with E-state index in [0.717, 1.165) is 4.68 Å². The maximum Gasteiger partial charge on any atom is 0.490 e. The van der Waals surface area contributed by atoms with Gasteiger partial charge in [0.2, 0.25) is 6.33 Å². The first-order valence-electron chi connectivity index (χ1n) is 3.69. The third-order valence-corrected chi connectivity index (χ3v) is 1.42. The number of nitro groups is 1. The van der Waals surface area contributed by atoms with E-state index in [1.165, 1.54) is 6.33 Å². The second kappa shape index (κ2) is 3.74. The third kappa shape index (κ3) is 2.32. The van der Waals surface area contributed by atoms with Crippen molar-refractivity contribution in [3.63, 3.8) is 0 Å². The smallest absolute Gasteiger partial charge is 0.390 e. The molecule has 0 bridgehead atoms. The van der Waals surface area contributed by atoms with Crippen LogP contribution in [0.25, 0.3) is 0 Å². The van der Waals surface area contributed by atoms with Crippen molar-refractivity contribution in [1.82, 2.24) is 14.8 Å². The Bertz CT molecular complexity index is 332. The summed E-state index contributed by atoms with van der Waals surface area (Å²) in [7, 11) is 0. The second-order valence-electron chi connectivity index (χ2n) is 2.39. The molecule has 7 heteroatoms. The molecule has 13 heavy (non-hydrogen) atoms. The van der Waals surface area contributed by atoms with Crippen molar-refractivity contribution in [2.24, 2.45) is 0 Å². The molecule has 0 aromatic carbocycles. The summed E-state index contributed by atoms with van der Waals surface area (Å²) in [4.78, 5) is 23.8. The Morgan fingerprint density at radius 1 is 1.77 bits per heavy atom. The van der Waals surface area contributed by atoms with Gasteiger partial charge in [0.15, 0.2) is 5.78 Å². The zero-order chi connectivity index (χ0) is 9.84. The Morgan fingerprint density at radius 2 is 2.46 bits per heavy atom. The Balaban J connectivity index is 2.69. The molecule has 1 aromatic heterocycles. The van der Waals surface area contributed by atoms with E-state index in [0.29, 0.717) is 6.42 Å². The molecular formula is C6H8N4O3. The maximum absolute atomic E-state index is 10.9. The van der Waals surface area contributed by atoms with E-state index >= 15 is 0 Å². The normalized spacial score (nSPS) is 9.92. The number of ketones is 1. The van der Waals surface area contributed by atoms with Crippen LogP contribution in [0.5, 0.6) is 0 Å². The van der Waals surface area contributed by atoms with Gasteiger partial charge < -0.3 is 10.1 Å². The standard InChI is InChI=1S/C6H8N4O3/c1-2-5(11)3-9-4-7-6(8-9)10(12)13/h4H,2-3H2,1H3. The molecule has 0 amide bonds. The predicted octanol–water partition coefficient (Wildman–Crippen LogP) is 0.165. The van der Waals surface area contributed by atoms with Crippen LogP contribution >= 0.6 is 0 Å². The lowest BCUT2D eigenvalue weighted by atomic mass is 10.3. The van der Waals surface area contributed by atoms with E-state index < -0.39 is 10.9 Å². The fourth-order valence-electron chi connectivity index (χ4n) is 0.737. The second-order valence-corrected chi connectivity index (χ2v) is 2.39. The molecule has 0 N–H and O–H groups in total. The van der Waals surface area contributed by atoms with E-state index in [4.69, 9.17) is 0 Å². The van der Waals surface area contributed by atoms with Crippen LogP contribution in [0.3, 0.4) is 0 Å². The largest absolute Gasteiger partial charge is 0.490 e. The summed E-state index contributed by atoms with van der Waals surface area (Å²) in [6, 6.07) is 0. The van der Waals surface area contributed by atoms with E-state index in [1.807, 2.05) is 0 Å². The molecule has 0 radical (unpaired) electrons. The highest BCUT2D eigenvalue weighted by atomic mass is 16.6. The Morgan fingerprint density at radius 3 is 2.92 bits per heavy atom. The first-order chi connectivity index (χ1) is 6.13. The SMILES string of the molecule is CCC(=O)Cn1cnc([N+](=O)[O-])n1. The lowest BCUT2D eigenvalue weighted by Gasteiger charge is -1.91. The van der Waals surface area contributed by atoms with Crippen LogP contribution in [0, 0.1) is 10.1 Å². The lowest BCUT2D eigenvalue weighted by Crippen LogP contribution is -2.09. The molecule has 0 unspecified atom stereocenters. The first kappa shape index (κ1) is 9.30. The number of nitrogens with zero attached hydrogens (tertiary/aromatic N) is 4. The van der Waals surface area contributed by atoms with Crippen LogP contribution in [0.15, 0.2) is 6.33 Å². The minimum atomic E-state index is -0.701. The topological polar surface area (TPSA) is 90.9 Å². The first-order valence-corrected chi connectivity index (χ1v) is 3.69. The number of aromatic nitrogens is 3. The summed E-state index contributed by atoms with van der Waals surface area (Å²) in [6.45, 7) is 1.75. The fourth-order valence-corrected chi connectivity index (χ4v) is 0.737. The summed E-state index contributed by atoms with van der Waals surface area (Å²) in [5.74, 6) is -0.524. The molecule has 0 saturated heterocycles. The molecule has 0 spiro atoms. The van der Waals surface area contributed by atoms with Gasteiger partial charge in [0.05, 0.1) is 0 Å². The number of carbonyl (C=O) groups excluding carboxylic acids is 1. The van der Waals surface area contributed by atoms with E-state index in [2.05, 4.69) is 10.1 Å². The monoisotopic (exact) mass is 184 g/mol. The fraction of sp³-hybridized carbons (Fsp3) is 0.500. The number of rotatable bonds is 4. The highest BCUT2D eigenvalue weighted by Gasteiger charge is 2.13. The zero-order valence-electron chi connectivity index (χ0n) is 7.01. The molecular weight excluding hydrogens is 176 g/mol. The van der Waals surface area contributed by atoms with Crippen molar-refractivity contribution >= 4 is 11.7 Å². The molecule has 1 heterocycles. The van der Waals surface area contributed by atoms with Gasteiger partial charge in [-0.05, 0) is 4.92 Å². The van der Waals surface area contributed by atoms with Gasteiger partial charge in [-0.25, -0.2) is 0 Å². The van der Waals surface area contributed by atoms with E-state index in [-0.39, 0.29) is 12.3 Å². The molecule has 1 aromatic rings. The van der Waals surface area contributed by atoms with Gasteiger partial charge >= 0.3 is 5.95 Å². The van der Waals surface area contributed by atoms with Crippen molar-refractivity contribution in [3.05, 3.63) is 16.4 Å². The van der Waals surface area contributed by atoms with Crippen molar-refractivity contribution in [2.45, 2.75) is 19.9 Å². The van der Waals surface area contributed by atoms with Crippen molar-refractivity contribution in [2.75, 3.05) is 0 Å². The summed E-state index contributed by atoms with van der Waals surface area (Å²) < 4.78 is 1.16. The van der Waals surface area contributed by atoms with Crippen molar-refractivity contribution in [3.8, 4) is 0 Å². The van der Waals surface area contributed by atoms with Gasteiger partial charge in [0.25, 0.3) is 0 Å². The lowest BCUT2D eigenvalue weighted by molar-refractivity contribution is -0.394. The van der Waals surface area contributed by atoms with E-state index in [1.54, 1.807) is 6.92 Å². The molecule has 1 rings (SSSR count). The van der Waals surface area contributed by atoms with Crippen LogP contribution in [0.4, 0.5) is 5.95 Å². The molecule has 0 fully saturated rings. The highest BCUT2D eigenvalue weighted by Crippen LogP contribution is 1.99. The Hall–Kier alpha value is -1.79. The summed E-state index contributed by atoms with van der Waals surface area (Å²) >= 11 is 0. The summed E-state index contributed by atoms with van der Waals surface area (Å²) in [6.07, 6.45) is 1.55. The average Bonchev–Trinajstić information content (AvgIpc) is 2.52. The molecule has 0 aliphatic heterocycles. The van der Waals surface area contributed by atoms with Gasteiger partial charge in [-0.15, -0.1) is 0 Å². The highest BCUT2D eigenvalue weighted by molar-refractivity contribution is 5.77. The van der Waals surface area contributed by atoms with Crippen LogP contribution < -0.4 is 0 Å². The predicted molar refractivity (Wildman–Crippen MR) is 42.0 cm³/mol. The molecule has 70 valence electrons. The van der Waals surface area contributed by atoms with E-state index in [9.17, 15) is 14.9 Å². The number of hydrogen-bond acceptors (Lipinski definition) is 5. The number of Topliss-reactive ketones (excluding diaryl/α,β-unsaturated/α-hetero) is 1. The molecule has 0 saturated carbocycles. The molecule has 0 aliphatic rings. The van der Waals surface area contributed by atoms with Crippen molar-refractivity contribution in [1.29, 1.82) is 0 Å². The molecule has 0 atom stereocenters. The van der Waals surface area contributed by atoms with Gasteiger partial charge in [-0.3, -0.25) is 4.79 Å². The quantitative estimate of drug-likeness (QED) is 0.491. The van der Waals surface area contributed by atoms with Gasteiger partial charge in [-0.2, -0.15) is 4.68 Å². The van der Waals surface area contributed by atoms with Gasteiger partial charge in [0.1, 0.15) is 6.54 Å². The minimum absolute atomic E-state index is 0.0390. The summed E-state index contributed by atoms with van der Waals surface area (Å²) in [5.41, 5.74) is 0. The van der Waals surface area contributed by atoms with Crippen LogP contribution in [0.2, 0.25) is 0 Å².